The molecule has 0 saturated heterocycles. The fraction of sp³-hybridized carbons (Fsp3) is 0.0952. The molecule has 3 heteroatoms. The van der Waals surface area contributed by atoms with Crippen LogP contribution in [0.3, 0.4) is 0 Å². The van der Waals surface area contributed by atoms with Gasteiger partial charge in [-0.05, 0) is 55.8 Å². The predicted molar refractivity (Wildman–Crippen MR) is 95.7 cm³/mol. The Morgan fingerprint density at radius 2 is 1.58 bits per heavy atom. The van der Waals surface area contributed by atoms with Gasteiger partial charge < -0.3 is 4.57 Å². The van der Waals surface area contributed by atoms with Crippen molar-refractivity contribution in [3.05, 3.63) is 83.4 Å². The molecule has 0 amide bonds. The lowest BCUT2D eigenvalue weighted by molar-refractivity contribution is -0.104. The Hall–Kier alpha value is -2.94. The number of aromatic nitrogens is 1. The lowest BCUT2D eigenvalue weighted by Crippen LogP contribution is -1.98. The minimum Gasteiger partial charge on any atom is -0.317 e. The molecule has 3 aromatic rings. The molecule has 0 fully saturated rings. The van der Waals surface area contributed by atoms with Crippen LogP contribution in [0.2, 0.25) is 0 Å². The van der Waals surface area contributed by atoms with Gasteiger partial charge in [0.15, 0.2) is 0 Å². The van der Waals surface area contributed by atoms with Crippen LogP contribution in [0.25, 0.3) is 22.9 Å². The molecule has 0 spiro atoms. The van der Waals surface area contributed by atoms with Crippen molar-refractivity contribution in [3.63, 3.8) is 0 Å². The predicted octanol–water partition coefficient (Wildman–Crippen LogP) is 5.11. The zero-order valence-corrected chi connectivity index (χ0v) is 13.7. The Balaban J connectivity index is 2.29. The summed E-state index contributed by atoms with van der Waals surface area (Å²) in [7, 11) is 0. The molecule has 0 radical (unpaired) electrons. The van der Waals surface area contributed by atoms with Crippen LogP contribution >= 0.6 is 0 Å². The highest BCUT2D eigenvalue weighted by atomic mass is 19.1. The summed E-state index contributed by atoms with van der Waals surface area (Å²) in [6, 6.07) is 16.5. The molecule has 0 aliphatic heterocycles. The zero-order valence-electron chi connectivity index (χ0n) is 13.7. The normalized spacial score (nSPS) is 11.1. The number of allylic oxidation sites excluding steroid dienone is 1. The van der Waals surface area contributed by atoms with Gasteiger partial charge in [0.05, 0.1) is 0 Å². The Bertz CT molecular complexity index is 890. The van der Waals surface area contributed by atoms with E-state index in [1.165, 1.54) is 18.2 Å². The molecule has 0 bridgehead atoms. The molecular weight excluding hydrogens is 301 g/mol. The second kappa shape index (κ2) is 6.67. The molecule has 1 heterocycles. The van der Waals surface area contributed by atoms with Gasteiger partial charge in [0.2, 0.25) is 0 Å². The van der Waals surface area contributed by atoms with E-state index in [2.05, 4.69) is 4.57 Å². The number of rotatable bonds is 4. The van der Waals surface area contributed by atoms with E-state index >= 15 is 0 Å². The number of halogens is 1. The number of nitrogens with zero attached hydrogens (tertiary/aromatic N) is 1. The largest absolute Gasteiger partial charge is 0.317 e. The summed E-state index contributed by atoms with van der Waals surface area (Å²) < 4.78 is 15.4. The molecule has 0 atom stereocenters. The highest BCUT2D eigenvalue weighted by Crippen LogP contribution is 2.35. The van der Waals surface area contributed by atoms with Crippen molar-refractivity contribution >= 4 is 12.4 Å². The van der Waals surface area contributed by atoms with Gasteiger partial charge in [-0.2, -0.15) is 0 Å². The van der Waals surface area contributed by atoms with Gasteiger partial charge in [-0.15, -0.1) is 0 Å². The number of benzene rings is 2. The highest BCUT2D eigenvalue weighted by Gasteiger charge is 2.18. The molecular formula is C21H18FNO. The fourth-order valence-corrected chi connectivity index (χ4v) is 3.14. The molecule has 1 aromatic heterocycles. The van der Waals surface area contributed by atoms with E-state index in [0.717, 1.165) is 40.1 Å². The maximum atomic E-state index is 13.3. The molecule has 0 aliphatic carbocycles. The minimum absolute atomic E-state index is 0.263. The first-order chi connectivity index (χ1) is 11.6. The van der Waals surface area contributed by atoms with Gasteiger partial charge >= 0.3 is 0 Å². The van der Waals surface area contributed by atoms with Crippen LogP contribution in [-0.4, -0.2) is 10.9 Å². The molecule has 120 valence electrons. The lowest BCUT2D eigenvalue weighted by atomic mass is 10.00. The number of hydrogen-bond acceptors (Lipinski definition) is 1. The maximum Gasteiger partial charge on any atom is 0.142 e. The van der Waals surface area contributed by atoms with Crippen LogP contribution in [0.5, 0.6) is 0 Å². The monoisotopic (exact) mass is 319 g/mol. The standard InChI is InChI=1S/C21H18FNO/c1-15-20(9-6-14-24)21(17-10-12-18(22)13-11-17)16(2)23(15)19-7-4-3-5-8-19/h3-14H,1-2H3/b9-6+. The van der Waals surface area contributed by atoms with E-state index in [9.17, 15) is 9.18 Å². The third kappa shape index (κ3) is 2.81. The number of hydrogen-bond donors (Lipinski definition) is 0. The SMILES string of the molecule is Cc1c(/C=C/C=O)c(-c2ccc(F)cc2)c(C)n1-c1ccccc1. The molecule has 2 nitrogen and oxygen atoms in total. The molecule has 24 heavy (non-hydrogen) atoms. The van der Waals surface area contributed by atoms with Gasteiger partial charge in [0.1, 0.15) is 12.1 Å². The van der Waals surface area contributed by atoms with Crippen LogP contribution in [0, 0.1) is 19.7 Å². The minimum atomic E-state index is -0.263. The van der Waals surface area contributed by atoms with Gasteiger partial charge in [0, 0.05) is 28.2 Å². The van der Waals surface area contributed by atoms with Crippen LogP contribution in [-0.2, 0) is 4.79 Å². The number of aldehydes is 1. The molecule has 0 N–H and O–H groups in total. The van der Waals surface area contributed by atoms with Crippen LogP contribution in [0.15, 0.2) is 60.7 Å². The summed E-state index contributed by atoms with van der Waals surface area (Å²) in [5, 5.41) is 0. The Kier molecular flexibility index (Phi) is 4.43. The van der Waals surface area contributed by atoms with Crippen molar-refractivity contribution in [2.45, 2.75) is 13.8 Å². The number of carbonyl (C=O) groups is 1. The summed E-state index contributed by atoms with van der Waals surface area (Å²) in [5.74, 6) is -0.263. The molecule has 2 aromatic carbocycles. The number of para-hydroxylation sites is 1. The maximum absolute atomic E-state index is 13.3. The Labute approximate surface area is 140 Å². The van der Waals surface area contributed by atoms with Gasteiger partial charge in [-0.3, -0.25) is 4.79 Å². The summed E-state index contributed by atoms with van der Waals surface area (Å²) >= 11 is 0. The zero-order chi connectivity index (χ0) is 17.1. The van der Waals surface area contributed by atoms with E-state index in [4.69, 9.17) is 0 Å². The van der Waals surface area contributed by atoms with Gasteiger partial charge in [0.25, 0.3) is 0 Å². The van der Waals surface area contributed by atoms with Crippen molar-refractivity contribution in [3.8, 4) is 16.8 Å². The van der Waals surface area contributed by atoms with Crippen LogP contribution in [0.1, 0.15) is 17.0 Å². The quantitative estimate of drug-likeness (QED) is 0.484. The van der Waals surface area contributed by atoms with Crippen molar-refractivity contribution in [2.24, 2.45) is 0 Å². The van der Waals surface area contributed by atoms with Crippen molar-refractivity contribution in [2.75, 3.05) is 0 Å². The Morgan fingerprint density at radius 1 is 0.917 bits per heavy atom. The van der Waals surface area contributed by atoms with E-state index in [1.54, 1.807) is 12.1 Å². The molecule has 0 saturated carbocycles. The fourth-order valence-electron chi connectivity index (χ4n) is 3.14. The summed E-state index contributed by atoms with van der Waals surface area (Å²) in [4.78, 5) is 10.8. The van der Waals surface area contributed by atoms with Crippen molar-refractivity contribution in [1.82, 2.24) is 4.57 Å². The summed E-state index contributed by atoms with van der Waals surface area (Å²) in [6.45, 7) is 4.06. The van der Waals surface area contributed by atoms with Gasteiger partial charge in [-0.25, -0.2) is 4.39 Å². The third-order valence-corrected chi connectivity index (χ3v) is 4.18. The van der Waals surface area contributed by atoms with E-state index in [-0.39, 0.29) is 5.82 Å². The topological polar surface area (TPSA) is 22.0 Å². The molecule has 3 rings (SSSR count). The average Bonchev–Trinajstić information content (AvgIpc) is 2.85. The van der Waals surface area contributed by atoms with E-state index in [0.29, 0.717) is 0 Å². The second-order valence-corrected chi connectivity index (χ2v) is 5.63. The summed E-state index contributed by atoms with van der Waals surface area (Å²) in [6.07, 6.45) is 4.07. The third-order valence-electron chi connectivity index (χ3n) is 4.18. The van der Waals surface area contributed by atoms with E-state index < -0.39 is 0 Å². The molecule has 0 aliphatic rings. The number of carbonyl (C=O) groups excluding carboxylic acids is 1. The van der Waals surface area contributed by atoms with Crippen molar-refractivity contribution < 1.29 is 9.18 Å². The second-order valence-electron chi connectivity index (χ2n) is 5.63. The Morgan fingerprint density at radius 3 is 2.21 bits per heavy atom. The first-order valence-electron chi connectivity index (χ1n) is 7.78. The molecule has 0 unspecified atom stereocenters. The average molecular weight is 319 g/mol. The summed E-state index contributed by atoms with van der Waals surface area (Å²) in [5.41, 5.74) is 6.05. The van der Waals surface area contributed by atoms with E-state index in [1.807, 2.05) is 50.3 Å². The van der Waals surface area contributed by atoms with Crippen molar-refractivity contribution in [1.29, 1.82) is 0 Å². The first kappa shape index (κ1) is 15.9. The smallest absolute Gasteiger partial charge is 0.142 e. The van der Waals surface area contributed by atoms with Crippen LogP contribution < -0.4 is 0 Å². The van der Waals surface area contributed by atoms with Crippen LogP contribution in [0.4, 0.5) is 4.39 Å². The highest BCUT2D eigenvalue weighted by molar-refractivity contribution is 5.84. The van der Waals surface area contributed by atoms with Gasteiger partial charge in [-0.1, -0.05) is 30.3 Å². The first-order valence-corrected chi connectivity index (χ1v) is 7.78. The lowest BCUT2D eigenvalue weighted by Gasteiger charge is -2.09.